The van der Waals surface area contributed by atoms with Crippen LogP contribution in [0.25, 0.3) is 0 Å². The minimum Gasteiger partial charge on any atom is -0.494 e. The summed E-state index contributed by atoms with van der Waals surface area (Å²) >= 11 is 0. The van der Waals surface area contributed by atoms with Crippen molar-refractivity contribution in [1.29, 1.82) is 0 Å². The number of aliphatic hydroxyl groups excluding tert-OH is 1. The van der Waals surface area contributed by atoms with E-state index in [1.165, 1.54) is 56.7 Å². The lowest BCUT2D eigenvalue weighted by Gasteiger charge is -2.50. The topological polar surface area (TPSA) is 66.8 Å². The van der Waals surface area contributed by atoms with Gasteiger partial charge < -0.3 is 14.3 Å². The molecule has 4 aliphatic rings. The second-order valence-corrected chi connectivity index (χ2v) is 13.9. The van der Waals surface area contributed by atoms with Crippen molar-refractivity contribution in [2.75, 3.05) is 58.2 Å². The number of piperazine rings is 3. The zero-order valence-electron chi connectivity index (χ0n) is 21.9. The number of unbranched alkanes of at least 4 members (excludes halogenated alkanes) is 1. The zero-order chi connectivity index (χ0) is 25.6. The standard InChI is InChI=1S/C29H41N2O4S/c1-22-6-11-26-25(20-22)27(28(32)29(2,3)21-36(26,33)34)23-7-9-24(10-8-23)35-19-5-4-15-31-16-12-30(13-17-31)14-18-31/h6-11,20,27-28,32H,4-5,12-19,21H2,1-3H3/q+1/t27-,28-/m1/s1. The first-order valence-electron chi connectivity index (χ1n) is 13.4. The molecule has 1 N–H and O–H groups in total. The molecule has 2 aromatic rings. The molecule has 0 amide bonds. The van der Waals surface area contributed by atoms with Crippen LogP contribution in [0.5, 0.6) is 5.75 Å². The number of fused-ring (bicyclic) bond motifs is 4. The van der Waals surface area contributed by atoms with E-state index in [1.54, 1.807) is 6.07 Å². The normalized spacial score (nSPS) is 30.4. The fourth-order valence-electron chi connectivity index (χ4n) is 6.41. The van der Waals surface area contributed by atoms with Gasteiger partial charge in [0.1, 0.15) is 5.75 Å². The molecule has 6 nitrogen and oxygen atoms in total. The van der Waals surface area contributed by atoms with Crippen LogP contribution in [0.4, 0.5) is 0 Å². The third-order valence-corrected chi connectivity index (χ3v) is 10.9. The minimum atomic E-state index is -3.50. The number of aryl methyl sites for hydroxylation is 1. The first-order valence-corrected chi connectivity index (χ1v) is 15.1. The number of hydrogen-bond acceptors (Lipinski definition) is 5. The molecule has 0 unspecified atom stereocenters. The van der Waals surface area contributed by atoms with Crippen LogP contribution in [-0.4, -0.2) is 87.2 Å². The van der Waals surface area contributed by atoms with Crippen LogP contribution in [-0.2, 0) is 9.84 Å². The van der Waals surface area contributed by atoms with Gasteiger partial charge in [0, 0.05) is 31.0 Å². The number of rotatable bonds is 7. The van der Waals surface area contributed by atoms with Crippen molar-refractivity contribution in [3.8, 4) is 5.75 Å². The van der Waals surface area contributed by atoms with E-state index in [9.17, 15) is 13.5 Å². The predicted octanol–water partition coefficient (Wildman–Crippen LogP) is 3.61. The molecule has 0 aromatic heterocycles. The molecule has 0 saturated carbocycles. The SMILES string of the molecule is Cc1ccc2c(c1)[C@@H](c1ccc(OCCCC[N+]34CCN(CC3)CC4)cc1)[C@@H](O)C(C)(C)CS2(=O)=O. The number of quaternary nitrogens is 1. The van der Waals surface area contributed by atoms with Crippen molar-refractivity contribution in [2.45, 2.75) is 50.5 Å². The maximum Gasteiger partial charge on any atom is 0.179 e. The highest BCUT2D eigenvalue weighted by Gasteiger charge is 2.45. The maximum atomic E-state index is 13.2. The fourth-order valence-corrected chi connectivity index (χ4v) is 8.53. The predicted molar refractivity (Wildman–Crippen MR) is 142 cm³/mol. The average molecular weight is 514 g/mol. The molecule has 7 heteroatoms. The van der Waals surface area contributed by atoms with Gasteiger partial charge in [0.2, 0.25) is 0 Å². The fraction of sp³-hybridized carbons (Fsp3) is 0.586. The van der Waals surface area contributed by atoms with E-state index >= 15 is 0 Å². The summed E-state index contributed by atoms with van der Waals surface area (Å²) in [7, 11) is -3.50. The molecule has 3 fully saturated rings. The van der Waals surface area contributed by atoms with E-state index < -0.39 is 27.3 Å². The van der Waals surface area contributed by atoms with Crippen molar-refractivity contribution < 1.29 is 22.7 Å². The van der Waals surface area contributed by atoms with Crippen LogP contribution >= 0.6 is 0 Å². The summed E-state index contributed by atoms with van der Waals surface area (Å²) in [6, 6.07) is 13.3. The number of ether oxygens (including phenoxy) is 1. The Morgan fingerprint density at radius 1 is 1.03 bits per heavy atom. The van der Waals surface area contributed by atoms with E-state index in [2.05, 4.69) is 4.90 Å². The van der Waals surface area contributed by atoms with Gasteiger partial charge in [-0.05, 0) is 49.1 Å². The van der Waals surface area contributed by atoms with Gasteiger partial charge in [-0.25, -0.2) is 8.42 Å². The lowest BCUT2D eigenvalue weighted by Crippen LogP contribution is -2.67. The van der Waals surface area contributed by atoms with Gasteiger partial charge in [0.25, 0.3) is 0 Å². The lowest BCUT2D eigenvalue weighted by atomic mass is 9.75. The molecule has 6 rings (SSSR count). The molecule has 2 atom stereocenters. The first-order chi connectivity index (χ1) is 17.1. The Hall–Kier alpha value is -1.93. The Balaban J connectivity index is 1.26. The molecule has 0 radical (unpaired) electrons. The maximum absolute atomic E-state index is 13.2. The minimum absolute atomic E-state index is 0.0762. The first kappa shape index (κ1) is 25.7. The van der Waals surface area contributed by atoms with Gasteiger partial charge in [0.15, 0.2) is 9.84 Å². The Morgan fingerprint density at radius 3 is 2.36 bits per heavy atom. The van der Waals surface area contributed by atoms with Gasteiger partial charge in [-0.1, -0.05) is 43.7 Å². The Bertz CT molecular complexity index is 1170. The zero-order valence-corrected chi connectivity index (χ0v) is 22.8. The highest BCUT2D eigenvalue weighted by atomic mass is 32.2. The Kier molecular flexibility index (Phi) is 6.96. The Labute approximate surface area is 216 Å². The summed E-state index contributed by atoms with van der Waals surface area (Å²) in [5.74, 6) is 0.324. The molecular weight excluding hydrogens is 472 g/mol. The van der Waals surface area contributed by atoms with Crippen LogP contribution in [0.1, 0.15) is 49.3 Å². The summed E-state index contributed by atoms with van der Waals surface area (Å²) < 4.78 is 33.7. The van der Waals surface area contributed by atoms with Crippen LogP contribution in [0, 0.1) is 12.3 Å². The second-order valence-electron chi connectivity index (χ2n) is 11.9. The van der Waals surface area contributed by atoms with Crippen molar-refractivity contribution in [3.05, 3.63) is 59.2 Å². The molecule has 2 bridgehead atoms. The molecule has 36 heavy (non-hydrogen) atoms. The lowest BCUT2D eigenvalue weighted by molar-refractivity contribution is -0.941. The van der Waals surface area contributed by atoms with Gasteiger partial charge in [-0.2, -0.15) is 0 Å². The van der Waals surface area contributed by atoms with E-state index in [-0.39, 0.29) is 5.75 Å². The van der Waals surface area contributed by atoms with Crippen molar-refractivity contribution in [3.63, 3.8) is 0 Å². The van der Waals surface area contributed by atoms with Crippen LogP contribution in [0.3, 0.4) is 0 Å². The van der Waals surface area contributed by atoms with E-state index in [1.807, 2.05) is 57.2 Å². The molecule has 3 saturated heterocycles. The van der Waals surface area contributed by atoms with Crippen LogP contribution < -0.4 is 4.74 Å². The molecular formula is C29H41N2O4S+. The molecule has 196 valence electrons. The number of sulfone groups is 1. The van der Waals surface area contributed by atoms with E-state index in [4.69, 9.17) is 4.74 Å². The van der Waals surface area contributed by atoms with E-state index in [0.717, 1.165) is 23.3 Å². The van der Waals surface area contributed by atoms with E-state index in [0.29, 0.717) is 17.1 Å². The number of benzene rings is 2. The monoisotopic (exact) mass is 513 g/mol. The van der Waals surface area contributed by atoms with Gasteiger partial charge in [-0.3, -0.25) is 4.90 Å². The van der Waals surface area contributed by atoms with Crippen molar-refractivity contribution in [2.24, 2.45) is 5.41 Å². The van der Waals surface area contributed by atoms with Gasteiger partial charge in [0.05, 0.1) is 49.5 Å². The molecule has 0 spiro atoms. The third-order valence-electron chi connectivity index (χ3n) is 8.72. The molecule has 4 aliphatic heterocycles. The summed E-state index contributed by atoms with van der Waals surface area (Å²) in [6.07, 6.45) is 1.41. The highest BCUT2D eigenvalue weighted by molar-refractivity contribution is 7.91. The van der Waals surface area contributed by atoms with Crippen molar-refractivity contribution in [1.82, 2.24) is 4.90 Å². The second kappa shape index (κ2) is 9.75. The van der Waals surface area contributed by atoms with Gasteiger partial charge >= 0.3 is 0 Å². The molecule has 0 aliphatic carbocycles. The number of hydrogen-bond donors (Lipinski definition) is 1. The molecule has 4 heterocycles. The summed E-state index contributed by atoms with van der Waals surface area (Å²) in [4.78, 5) is 2.92. The van der Waals surface area contributed by atoms with Crippen molar-refractivity contribution >= 4 is 9.84 Å². The number of nitrogens with zero attached hydrogens (tertiary/aromatic N) is 2. The van der Waals surface area contributed by atoms with Crippen LogP contribution in [0.2, 0.25) is 0 Å². The summed E-state index contributed by atoms with van der Waals surface area (Å²) in [6.45, 7) is 15.3. The highest BCUT2D eigenvalue weighted by Crippen LogP contribution is 2.45. The summed E-state index contributed by atoms with van der Waals surface area (Å²) in [5.41, 5.74) is 1.80. The summed E-state index contributed by atoms with van der Waals surface area (Å²) in [5, 5.41) is 11.4. The largest absolute Gasteiger partial charge is 0.494 e. The molecule has 2 aromatic carbocycles. The smallest absolute Gasteiger partial charge is 0.179 e. The quantitative estimate of drug-likeness (QED) is 0.453. The third kappa shape index (κ3) is 5.08. The Morgan fingerprint density at radius 2 is 1.69 bits per heavy atom. The van der Waals surface area contributed by atoms with Gasteiger partial charge in [-0.15, -0.1) is 0 Å². The number of aliphatic hydroxyl groups is 1. The average Bonchev–Trinajstić information content (AvgIpc) is 2.90. The van der Waals surface area contributed by atoms with Crippen LogP contribution in [0.15, 0.2) is 47.4 Å².